The van der Waals surface area contributed by atoms with Gasteiger partial charge in [-0.3, -0.25) is 0 Å². The number of nitrogens with zero attached hydrogens (tertiary/aromatic N) is 2. The van der Waals surface area contributed by atoms with Gasteiger partial charge in [0.15, 0.2) is 0 Å². The Hall–Kier alpha value is -1.39. The number of aryl methyl sites for hydroxylation is 3. The molecular formula is C17H23N3S. The van der Waals surface area contributed by atoms with E-state index >= 15 is 0 Å². The molecule has 2 aromatic rings. The second kappa shape index (κ2) is 7.57. The van der Waals surface area contributed by atoms with Crippen LogP contribution in [0.1, 0.15) is 35.2 Å². The first kappa shape index (κ1) is 16.0. The van der Waals surface area contributed by atoms with E-state index in [4.69, 9.17) is 0 Å². The molecule has 1 N–H and O–H groups in total. The van der Waals surface area contributed by atoms with E-state index in [1.807, 2.05) is 6.07 Å². The van der Waals surface area contributed by atoms with Gasteiger partial charge in [-0.2, -0.15) is 0 Å². The van der Waals surface area contributed by atoms with E-state index in [2.05, 4.69) is 55.1 Å². The number of hydrogen-bond donors (Lipinski definition) is 1. The summed E-state index contributed by atoms with van der Waals surface area (Å²) in [6.45, 7) is 9.68. The Morgan fingerprint density at radius 2 is 1.90 bits per heavy atom. The highest BCUT2D eigenvalue weighted by Gasteiger charge is 2.16. The summed E-state index contributed by atoms with van der Waals surface area (Å²) in [5.41, 5.74) is 5.47. The van der Waals surface area contributed by atoms with Crippen LogP contribution >= 0.6 is 11.8 Å². The molecule has 0 aliphatic carbocycles. The van der Waals surface area contributed by atoms with Gasteiger partial charge in [0.1, 0.15) is 6.33 Å². The van der Waals surface area contributed by atoms with Gasteiger partial charge in [-0.05, 0) is 50.1 Å². The van der Waals surface area contributed by atoms with Crippen molar-refractivity contribution in [3.05, 3.63) is 53.0 Å². The highest BCUT2D eigenvalue weighted by atomic mass is 32.2. The van der Waals surface area contributed by atoms with Gasteiger partial charge in [0.25, 0.3) is 0 Å². The summed E-state index contributed by atoms with van der Waals surface area (Å²) in [6.07, 6.45) is 3.40. The van der Waals surface area contributed by atoms with E-state index in [1.54, 1.807) is 24.3 Å². The Kier molecular flexibility index (Phi) is 5.76. The molecule has 0 spiro atoms. The first-order valence-electron chi connectivity index (χ1n) is 7.31. The Bertz CT molecular complexity index is 561. The lowest BCUT2D eigenvalue weighted by atomic mass is 9.95. The number of thioether (sulfide) groups is 1. The summed E-state index contributed by atoms with van der Waals surface area (Å²) in [7, 11) is 0. The summed E-state index contributed by atoms with van der Waals surface area (Å²) in [6, 6.07) is 6.84. The molecule has 0 bridgehead atoms. The molecule has 112 valence electrons. The van der Waals surface area contributed by atoms with Crippen molar-refractivity contribution in [1.82, 2.24) is 15.3 Å². The van der Waals surface area contributed by atoms with Gasteiger partial charge < -0.3 is 5.32 Å². The normalized spacial score (nSPS) is 12.4. The zero-order valence-corrected chi connectivity index (χ0v) is 14.0. The third kappa shape index (κ3) is 4.29. The second-order valence-electron chi connectivity index (χ2n) is 5.28. The van der Waals surface area contributed by atoms with Crippen molar-refractivity contribution in [2.24, 2.45) is 0 Å². The van der Waals surface area contributed by atoms with Gasteiger partial charge in [0, 0.05) is 18.0 Å². The predicted octanol–water partition coefficient (Wildman–Crippen LogP) is 3.84. The molecule has 1 unspecified atom stereocenters. The number of rotatable bonds is 6. The first-order chi connectivity index (χ1) is 10.1. The topological polar surface area (TPSA) is 37.8 Å². The quantitative estimate of drug-likeness (QED) is 0.650. The molecule has 3 nitrogen and oxygen atoms in total. The van der Waals surface area contributed by atoms with Gasteiger partial charge in [-0.25, -0.2) is 9.97 Å². The van der Waals surface area contributed by atoms with Crippen LogP contribution in [0.15, 0.2) is 35.7 Å². The maximum Gasteiger partial charge on any atom is 0.116 e. The Balaban J connectivity index is 2.19. The summed E-state index contributed by atoms with van der Waals surface area (Å²) in [5.74, 6) is 0.968. The predicted molar refractivity (Wildman–Crippen MR) is 89.8 cm³/mol. The summed E-state index contributed by atoms with van der Waals surface area (Å²) >= 11 is 1.77. The molecule has 4 heteroatoms. The smallest absolute Gasteiger partial charge is 0.116 e. The minimum atomic E-state index is 0.343. The molecule has 2 rings (SSSR count). The van der Waals surface area contributed by atoms with Crippen LogP contribution in [0, 0.1) is 20.8 Å². The van der Waals surface area contributed by atoms with E-state index in [0.29, 0.717) is 6.04 Å². The Morgan fingerprint density at radius 1 is 1.19 bits per heavy atom. The monoisotopic (exact) mass is 301 g/mol. The largest absolute Gasteiger partial charge is 0.309 e. The number of benzene rings is 1. The molecule has 0 radical (unpaired) electrons. The molecular weight excluding hydrogens is 278 g/mol. The van der Waals surface area contributed by atoms with Crippen molar-refractivity contribution in [3.8, 4) is 0 Å². The van der Waals surface area contributed by atoms with Crippen molar-refractivity contribution < 1.29 is 0 Å². The van der Waals surface area contributed by atoms with Crippen LogP contribution in [-0.2, 0) is 0 Å². The molecule has 21 heavy (non-hydrogen) atoms. The molecule has 0 aliphatic heterocycles. The third-order valence-corrected chi connectivity index (χ3v) is 4.53. The van der Waals surface area contributed by atoms with Gasteiger partial charge in [-0.1, -0.05) is 24.6 Å². The van der Waals surface area contributed by atoms with Crippen LogP contribution in [0.5, 0.6) is 0 Å². The maximum absolute atomic E-state index is 4.29. The number of hydrogen-bond acceptors (Lipinski definition) is 4. The first-order valence-corrected chi connectivity index (χ1v) is 8.30. The lowest BCUT2D eigenvalue weighted by Gasteiger charge is -2.22. The van der Waals surface area contributed by atoms with Crippen LogP contribution in [0.4, 0.5) is 0 Å². The number of aromatic nitrogens is 2. The zero-order chi connectivity index (χ0) is 15.2. The lowest BCUT2D eigenvalue weighted by Crippen LogP contribution is -2.24. The van der Waals surface area contributed by atoms with Crippen LogP contribution in [0.2, 0.25) is 0 Å². The Labute approximate surface area is 131 Å². The van der Waals surface area contributed by atoms with Crippen molar-refractivity contribution in [2.75, 3.05) is 12.3 Å². The van der Waals surface area contributed by atoms with E-state index < -0.39 is 0 Å². The van der Waals surface area contributed by atoms with Crippen LogP contribution in [-0.4, -0.2) is 22.3 Å². The summed E-state index contributed by atoms with van der Waals surface area (Å²) < 4.78 is 0. The van der Waals surface area contributed by atoms with Crippen LogP contribution in [0.25, 0.3) is 0 Å². The van der Waals surface area contributed by atoms with E-state index in [-0.39, 0.29) is 0 Å². The molecule has 1 atom stereocenters. The second-order valence-corrected chi connectivity index (χ2v) is 6.32. The highest BCUT2D eigenvalue weighted by molar-refractivity contribution is 7.99. The summed E-state index contributed by atoms with van der Waals surface area (Å²) in [5, 5.41) is 4.63. The minimum absolute atomic E-state index is 0.343. The van der Waals surface area contributed by atoms with Crippen molar-refractivity contribution in [1.29, 1.82) is 0 Å². The molecule has 0 amide bonds. The lowest BCUT2D eigenvalue weighted by molar-refractivity contribution is 0.600. The molecule has 0 fully saturated rings. The molecule has 0 aliphatic rings. The minimum Gasteiger partial charge on any atom is -0.309 e. The molecule has 0 saturated carbocycles. The summed E-state index contributed by atoms with van der Waals surface area (Å²) in [4.78, 5) is 8.25. The average Bonchev–Trinajstić information content (AvgIpc) is 2.45. The van der Waals surface area contributed by atoms with Crippen LogP contribution in [0.3, 0.4) is 0 Å². The van der Waals surface area contributed by atoms with Crippen molar-refractivity contribution in [3.63, 3.8) is 0 Å². The Morgan fingerprint density at radius 3 is 2.48 bits per heavy atom. The van der Waals surface area contributed by atoms with E-state index in [1.165, 1.54) is 22.3 Å². The number of nitrogens with one attached hydrogen (secondary N) is 1. The SMILES string of the molecule is CCNC(CSc1ccncn1)c1c(C)cc(C)cc1C. The van der Waals surface area contributed by atoms with Gasteiger partial charge in [-0.15, -0.1) is 11.8 Å². The zero-order valence-electron chi connectivity index (χ0n) is 13.2. The van der Waals surface area contributed by atoms with E-state index in [0.717, 1.165) is 17.3 Å². The third-order valence-electron chi connectivity index (χ3n) is 3.49. The fourth-order valence-electron chi connectivity index (χ4n) is 2.76. The fourth-order valence-corrected chi connectivity index (χ4v) is 3.66. The average molecular weight is 301 g/mol. The maximum atomic E-state index is 4.29. The highest BCUT2D eigenvalue weighted by Crippen LogP contribution is 2.28. The fraction of sp³-hybridized carbons (Fsp3) is 0.412. The molecule has 1 aromatic heterocycles. The molecule has 1 heterocycles. The van der Waals surface area contributed by atoms with Gasteiger partial charge >= 0.3 is 0 Å². The van der Waals surface area contributed by atoms with E-state index in [9.17, 15) is 0 Å². The standard InChI is InChI=1S/C17H23N3S/c1-5-19-15(10-21-16-6-7-18-11-20-16)17-13(3)8-12(2)9-14(17)4/h6-9,11,15,19H,5,10H2,1-4H3. The van der Waals surface area contributed by atoms with Gasteiger partial charge in [0.2, 0.25) is 0 Å². The van der Waals surface area contributed by atoms with Crippen molar-refractivity contribution >= 4 is 11.8 Å². The van der Waals surface area contributed by atoms with Crippen LogP contribution < -0.4 is 5.32 Å². The molecule has 0 saturated heterocycles. The molecule has 1 aromatic carbocycles. The van der Waals surface area contributed by atoms with Crippen molar-refractivity contribution in [2.45, 2.75) is 38.8 Å². The van der Waals surface area contributed by atoms with Gasteiger partial charge in [0.05, 0.1) is 5.03 Å².